The van der Waals surface area contributed by atoms with Gasteiger partial charge in [0.15, 0.2) is 0 Å². The van der Waals surface area contributed by atoms with Gasteiger partial charge in [-0.1, -0.05) is 75.2 Å². The Kier molecular flexibility index (Phi) is 12.1. The first-order valence-corrected chi connectivity index (χ1v) is 15.5. The standard InChI is InChI=1S/C20H49N3Si2/c1-10-16-18-21-25(20(7,8)9,22-19-17-11-2)23(12-3)24(13-4,14-5)15-6/h21-22H,10-19H2,1-9H3. The predicted octanol–water partition coefficient (Wildman–Crippen LogP) is 5.83. The Bertz CT molecular complexity index is 320. The third-order valence-corrected chi connectivity index (χ3v) is 18.8. The fourth-order valence-electron chi connectivity index (χ4n) is 4.33. The van der Waals surface area contributed by atoms with Crippen molar-refractivity contribution in [1.82, 2.24) is 14.2 Å². The van der Waals surface area contributed by atoms with E-state index in [1.165, 1.54) is 50.4 Å². The Labute approximate surface area is 162 Å². The van der Waals surface area contributed by atoms with Crippen LogP contribution in [-0.2, 0) is 0 Å². The van der Waals surface area contributed by atoms with Crippen molar-refractivity contribution in [2.24, 2.45) is 0 Å². The Balaban J connectivity index is 6.05. The van der Waals surface area contributed by atoms with Crippen molar-refractivity contribution in [3.63, 3.8) is 0 Å². The summed E-state index contributed by atoms with van der Waals surface area (Å²) in [6, 6.07) is 4.09. The van der Waals surface area contributed by atoms with Gasteiger partial charge in [0.05, 0.1) is 0 Å². The average Bonchev–Trinajstić information content (AvgIpc) is 2.58. The van der Waals surface area contributed by atoms with Gasteiger partial charge < -0.3 is 14.2 Å². The molecule has 0 spiro atoms. The number of hydrogen-bond acceptors (Lipinski definition) is 3. The van der Waals surface area contributed by atoms with Crippen LogP contribution in [0.4, 0.5) is 0 Å². The lowest BCUT2D eigenvalue weighted by atomic mass is 10.2. The monoisotopic (exact) mass is 387 g/mol. The smallest absolute Gasteiger partial charge is 0.282 e. The van der Waals surface area contributed by atoms with Gasteiger partial charge in [-0.25, -0.2) is 0 Å². The van der Waals surface area contributed by atoms with Crippen molar-refractivity contribution >= 4 is 16.8 Å². The van der Waals surface area contributed by atoms with E-state index in [-0.39, 0.29) is 5.04 Å². The molecule has 0 radical (unpaired) electrons. The second-order valence-electron chi connectivity index (χ2n) is 8.55. The van der Waals surface area contributed by atoms with E-state index in [4.69, 9.17) is 0 Å². The van der Waals surface area contributed by atoms with Crippen LogP contribution >= 0.6 is 0 Å². The van der Waals surface area contributed by atoms with E-state index in [1.54, 1.807) is 0 Å². The lowest BCUT2D eigenvalue weighted by Crippen LogP contribution is -2.83. The molecule has 0 aromatic heterocycles. The van der Waals surface area contributed by atoms with E-state index < -0.39 is 16.8 Å². The van der Waals surface area contributed by atoms with Gasteiger partial charge in [-0.2, -0.15) is 0 Å². The molecule has 0 saturated carbocycles. The van der Waals surface area contributed by atoms with Crippen LogP contribution in [0.5, 0.6) is 0 Å². The lowest BCUT2D eigenvalue weighted by molar-refractivity contribution is 0.484. The maximum absolute atomic E-state index is 4.18. The molecule has 0 bridgehead atoms. The molecule has 0 amide bonds. The third kappa shape index (κ3) is 6.16. The number of rotatable bonds is 14. The average molecular weight is 388 g/mol. The Morgan fingerprint density at radius 2 is 1.12 bits per heavy atom. The molecule has 152 valence electrons. The van der Waals surface area contributed by atoms with Crippen molar-refractivity contribution in [2.45, 2.75) is 111 Å². The highest BCUT2D eigenvalue weighted by molar-refractivity contribution is 6.92. The zero-order chi connectivity index (χ0) is 19.6. The molecule has 0 aromatic carbocycles. The van der Waals surface area contributed by atoms with Gasteiger partial charge in [0.1, 0.15) is 8.24 Å². The first kappa shape index (κ1) is 25.3. The summed E-state index contributed by atoms with van der Waals surface area (Å²) in [5.41, 5.74) is 0. The summed E-state index contributed by atoms with van der Waals surface area (Å²) in [5, 5.41) is 0.266. The van der Waals surface area contributed by atoms with Crippen molar-refractivity contribution in [2.75, 3.05) is 19.6 Å². The molecular formula is C20H49N3Si2. The number of hydrogen-bond donors (Lipinski definition) is 2. The zero-order valence-electron chi connectivity index (χ0n) is 19.0. The number of nitrogens with one attached hydrogen (secondary N) is 2. The second-order valence-corrected chi connectivity index (χ2v) is 18.3. The van der Waals surface area contributed by atoms with E-state index in [9.17, 15) is 0 Å². The lowest BCUT2D eigenvalue weighted by Gasteiger charge is -2.57. The van der Waals surface area contributed by atoms with Gasteiger partial charge in [0, 0.05) is 0 Å². The van der Waals surface area contributed by atoms with Crippen LogP contribution in [0.3, 0.4) is 0 Å². The number of unbranched alkanes of at least 4 members (excludes halogenated alkanes) is 2. The first-order chi connectivity index (χ1) is 11.7. The molecule has 0 aliphatic heterocycles. The fourth-order valence-corrected chi connectivity index (χ4v) is 17.3. The van der Waals surface area contributed by atoms with Gasteiger partial charge in [-0.05, 0) is 55.6 Å². The molecule has 0 rings (SSSR count). The highest BCUT2D eigenvalue weighted by atomic mass is 28.4. The minimum absolute atomic E-state index is 0.266. The van der Waals surface area contributed by atoms with Crippen molar-refractivity contribution in [3.8, 4) is 0 Å². The highest BCUT2D eigenvalue weighted by Gasteiger charge is 2.55. The molecule has 0 aliphatic carbocycles. The van der Waals surface area contributed by atoms with Gasteiger partial charge in [0.25, 0.3) is 8.56 Å². The van der Waals surface area contributed by atoms with Crippen molar-refractivity contribution < 1.29 is 0 Å². The van der Waals surface area contributed by atoms with E-state index in [2.05, 4.69) is 76.5 Å². The highest BCUT2D eigenvalue weighted by Crippen LogP contribution is 2.40. The molecule has 5 heteroatoms. The van der Waals surface area contributed by atoms with Crippen LogP contribution in [0.15, 0.2) is 0 Å². The molecular weight excluding hydrogens is 338 g/mol. The van der Waals surface area contributed by atoms with E-state index in [0.717, 1.165) is 13.1 Å². The summed E-state index contributed by atoms with van der Waals surface area (Å²) in [5.74, 6) is 0. The largest absolute Gasteiger partial charge is 0.321 e. The molecule has 0 saturated heterocycles. The quantitative estimate of drug-likeness (QED) is 0.290. The molecule has 25 heavy (non-hydrogen) atoms. The number of nitrogens with zero attached hydrogens (tertiary/aromatic N) is 1. The SMILES string of the molecule is CCCCN[Si](NCCCC)(N(CC)[Si](CC)(CC)CC)C(C)(C)C. The molecule has 0 heterocycles. The van der Waals surface area contributed by atoms with Gasteiger partial charge >= 0.3 is 0 Å². The third-order valence-electron chi connectivity index (χ3n) is 6.18. The normalized spacial score (nSPS) is 13.7. The summed E-state index contributed by atoms with van der Waals surface area (Å²) in [7, 11) is -3.45. The molecule has 0 atom stereocenters. The fraction of sp³-hybridized carbons (Fsp3) is 1.00. The van der Waals surface area contributed by atoms with Gasteiger partial charge in [-0.3, -0.25) is 0 Å². The maximum Gasteiger partial charge on any atom is 0.282 e. The maximum atomic E-state index is 4.18. The van der Waals surface area contributed by atoms with Crippen molar-refractivity contribution in [3.05, 3.63) is 0 Å². The molecule has 2 N–H and O–H groups in total. The van der Waals surface area contributed by atoms with Crippen LogP contribution in [0, 0.1) is 0 Å². The Hall–Kier alpha value is 0.314. The first-order valence-electron chi connectivity index (χ1n) is 11.0. The van der Waals surface area contributed by atoms with Crippen LogP contribution < -0.4 is 9.96 Å². The summed E-state index contributed by atoms with van der Waals surface area (Å²) >= 11 is 0. The van der Waals surface area contributed by atoms with Crippen LogP contribution in [0.25, 0.3) is 0 Å². The Morgan fingerprint density at radius 3 is 1.36 bits per heavy atom. The predicted molar refractivity (Wildman–Crippen MR) is 121 cm³/mol. The summed E-state index contributed by atoms with van der Waals surface area (Å²) in [4.78, 5) is 8.36. The molecule has 0 fully saturated rings. The topological polar surface area (TPSA) is 27.3 Å². The van der Waals surface area contributed by atoms with Crippen LogP contribution in [0.2, 0.25) is 23.2 Å². The van der Waals surface area contributed by atoms with Gasteiger partial charge in [-0.15, -0.1) is 0 Å². The minimum Gasteiger partial charge on any atom is -0.321 e. The van der Waals surface area contributed by atoms with Gasteiger partial charge in [0.2, 0.25) is 0 Å². The van der Waals surface area contributed by atoms with E-state index in [0.29, 0.717) is 0 Å². The summed E-state index contributed by atoms with van der Waals surface area (Å²) < 4.78 is 3.05. The molecule has 0 aromatic rings. The summed E-state index contributed by atoms with van der Waals surface area (Å²) in [6.45, 7) is 25.2. The molecule has 0 unspecified atom stereocenters. The minimum atomic E-state index is -2.00. The van der Waals surface area contributed by atoms with E-state index in [1.807, 2.05) is 0 Å². The van der Waals surface area contributed by atoms with Crippen LogP contribution in [0.1, 0.15) is 88.0 Å². The second kappa shape index (κ2) is 11.9. The Morgan fingerprint density at radius 1 is 0.720 bits per heavy atom. The summed E-state index contributed by atoms with van der Waals surface area (Å²) in [6.07, 6.45) is 5.08. The molecule has 3 nitrogen and oxygen atoms in total. The zero-order valence-corrected chi connectivity index (χ0v) is 21.0. The molecule has 0 aliphatic rings. The van der Waals surface area contributed by atoms with Crippen LogP contribution in [-0.4, -0.2) is 40.7 Å². The van der Waals surface area contributed by atoms with Crippen molar-refractivity contribution in [1.29, 1.82) is 0 Å². The van der Waals surface area contributed by atoms with E-state index >= 15 is 0 Å².